The van der Waals surface area contributed by atoms with Crippen LogP contribution in [0.1, 0.15) is 16.3 Å². The van der Waals surface area contributed by atoms with Gasteiger partial charge in [-0.3, -0.25) is 4.79 Å². The number of hydrogen-bond acceptors (Lipinski definition) is 5. The van der Waals surface area contributed by atoms with Crippen LogP contribution in [0.5, 0.6) is 0 Å². The van der Waals surface area contributed by atoms with E-state index in [1.165, 1.54) is 0 Å². The summed E-state index contributed by atoms with van der Waals surface area (Å²) in [6, 6.07) is 18.9. The summed E-state index contributed by atoms with van der Waals surface area (Å²) in [6.45, 7) is 2.46. The second-order valence-electron chi connectivity index (χ2n) is 7.10. The van der Waals surface area contributed by atoms with Crippen LogP contribution in [0.4, 0.5) is 5.69 Å². The molecule has 2 heterocycles. The van der Waals surface area contributed by atoms with Crippen molar-refractivity contribution < 1.29 is 17.6 Å². The number of piperazine rings is 1. The molecule has 0 bridgehead atoms. The van der Waals surface area contributed by atoms with Crippen LogP contribution in [0.15, 0.2) is 76.0 Å². The molecule has 1 aromatic heterocycles. The molecule has 1 saturated heterocycles. The number of halogens is 1. The third kappa shape index (κ3) is 4.52. The first-order chi connectivity index (χ1) is 14.4. The zero-order chi connectivity index (χ0) is 21.1. The lowest BCUT2D eigenvalue weighted by atomic mass is 10.2. The molecule has 0 atom stereocenters. The van der Waals surface area contributed by atoms with E-state index in [2.05, 4.69) is 4.90 Å². The van der Waals surface area contributed by atoms with Crippen LogP contribution in [-0.2, 0) is 15.6 Å². The summed E-state index contributed by atoms with van der Waals surface area (Å²) in [4.78, 5) is 16.9. The molecule has 6 nitrogen and oxygen atoms in total. The Morgan fingerprint density at radius 2 is 1.67 bits per heavy atom. The predicted octanol–water partition coefficient (Wildman–Crippen LogP) is 3.87. The highest BCUT2D eigenvalue weighted by atomic mass is 35.5. The highest BCUT2D eigenvalue weighted by Crippen LogP contribution is 2.22. The Bertz CT molecular complexity index is 1140. The number of benzene rings is 2. The first-order valence-corrected chi connectivity index (χ1v) is 11.6. The van der Waals surface area contributed by atoms with E-state index in [-0.39, 0.29) is 28.1 Å². The average Bonchev–Trinajstić information content (AvgIpc) is 3.22. The van der Waals surface area contributed by atoms with Crippen molar-refractivity contribution in [2.45, 2.75) is 10.6 Å². The number of sulfone groups is 1. The van der Waals surface area contributed by atoms with Gasteiger partial charge in [-0.1, -0.05) is 35.9 Å². The monoisotopic (exact) mass is 444 g/mol. The number of rotatable bonds is 5. The van der Waals surface area contributed by atoms with E-state index >= 15 is 0 Å². The molecule has 2 aromatic carbocycles. The molecule has 1 fully saturated rings. The van der Waals surface area contributed by atoms with Gasteiger partial charge in [-0.05, 0) is 42.5 Å². The second-order valence-corrected chi connectivity index (χ2v) is 9.52. The van der Waals surface area contributed by atoms with Crippen LogP contribution in [0.25, 0.3) is 0 Å². The Morgan fingerprint density at radius 1 is 0.933 bits per heavy atom. The molecule has 1 aliphatic rings. The molecular weight excluding hydrogens is 424 g/mol. The van der Waals surface area contributed by atoms with E-state index < -0.39 is 9.84 Å². The maximum Gasteiger partial charge on any atom is 0.289 e. The number of carbonyl (C=O) groups excluding carboxylic acids is 1. The fourth-order valence-electron chi connectivity index (χ4n) is 3.47. The topological polar surface area (TPSA) is 70.8 Å². The van der Waals surface area contributed by atoms with Crippen molar-refractivity contribution >= 4 is 33.0 Å². The molecule has 156 valence electrons. The van der Waals surface area contributed by atoms with Gasteiger partial charge in [-0.25, -0.2) is 8.42 Å². The lowest BCUT2D eigenvalue weighted by Crippen LogP contribution is -2.48. The average molecular weight is 445 g/mol. The Morgan fingerprint density at radius 3 is 2.37 bits per heavy atom. The second kappa shape index (κ2) is 8.53. The lowest BCUT2D eigenvalue weighted by Gasteiger charge is -2.35. The van der Waals surface area contributed by atoms with Crippen LogP contribution in [0, 0.1) is 0 Å². The zero-order valence-electron chi connectivity index (χ0n) is 16.2. The molecule has 0 unspecified atom stereocenters. The molecule has 8 heteroatoms. The fourth-order valence-corrected chi connectivity index (χ4v) is 4.92. The van der Waals surface area contributed by atoms with Crippen LogP contribution in [-0.4, -0.2) is 45.4 Å². The molecule has 0 saturated carbocycles. The maximum absolute atomic E-state index is 12.8. The van der Waals surface area contributed by atoms with E-state index in [0.29, 0.717) is 31.2 Å². The Kier molecular flexibility index (Phi) is 5.83. The van der Waals surface area contributed by atoms with Gasteiger partial charge in [0.25, 0.3) is 5.91 Å². The molecule has 1 aliphatic heterocycles. The first-order valence-electron chi connectivity index (χ1n) is 9.59. The maximum atomic E-state index is 12.8. The molecular formula is C22H21ClN2O4S. The molecule has 0 radical (unpaired) electrons. The molecule has 0 spiro atoms. The molecule has 3 aromatic rings. The van der Waals surface area contributed by atoms with Crippen LogP contribution in [0.2, 0.25) is 5.02 Å². The molecule has 0 N–H and O–H groups in total. The van der Waals surface area contributed by atoms with Gasteiger partial charge >= 0.3 is 0 Å². The van der Waals surface area contributed by atoms with E-state index in [1.54, 1.807) is 47.4 Å². The highest BCUT2D eigenvalue weighted by Gasteiger charge is 2.25. The number of hydrogen-bond donors (Lipinski definition) is 0. The number of carbonyl (C=O) groups is 1. The minimum absolute atomic E-state index is 0.157. The Hall–Kier alpha value is -2.77. The Balaban J connectivity index is 1.39. The first kappa shape index (κ1) is 20.5. The van der Waals surface area contributed by atoms with Gasteiger partial charge in [-0.15, -0.1) is 0 Å². The largest absolute Gasteiger partial charge is 0.455 e. The van der Waals surface area contributed by atoms with Crippen LogP contribution in [0.3, 0.4) is 0 Å². The summed E-state index contributed by atoms with van der Waals surface area (Å²) in [7, 11) is -3.53. The SMILES string of the molecule is O=C(c1ccc(CS(=O)(=O)c2ccccc2)o1)N1CCN(c2cccc(Cl)c2)CC1. The third-order valence-corrected chi connectivity index (χ3v) is 6.94. The number of amides is 1. The van der Waals surface area contributed by atoms with Crippen molar-refractivity contribution in [1.82, 2.24) is 4.90 Å². The van der Waals surface area contributed by atoms with Crippen LogP contribution < -0.4 is 4.90 Å². The highest BCUT2D eigenvalue weighted by molar-refractivity contribution is 7.90. The van der Waals surface area contributed by atoms with E-state index in [0.717, 1.165) is 5.69 Å². The smallest absolute Gasteiger partial charge is 0.289 e. The predicted molar refractivity (Wildman–Crippen MR) is 116 cm³/mol. The summed E-state index contributed by atoms with van der Waals surface area (Å²) in [5.74, 6) is -0.110. The minimum Gasteiger partial charge on any atom is -0.455 e. The minimum atomic E-state index is -3.53. The van der Waals surface area contributed by atoms with Gasteiger partial charge in [0, 0.05) is 36.9 Å². The van der Waals surface area contributed by atoms with Crippen LogP contribution >= 0.6 is 11.6 Å². The van der Waals surface area contributed by atoms with Crippen molar-refractivity contribution in [3.8, 4) is 0 Å². The third-order valence-electron chi connectivity index (χ3n) is 5.05. The van der Waals surface area contributed by atoms with Crippen molar-refractivity contribution in [1.29, 1.82) is 0 Å². The van der Waals surface area contributed by atoms with Gasteiger partial charge in [-0.2, -0.15) is 0 Å². The normalized spacial score (nSPS) is 14.7. The summed E-state index contributed by atoms with van der Waals surface area (Å²) >= 11 is 6.06. The zero-order valence-corrected chi connectivity index (χ0v) is 17.8. The fraction of sp³-hybridized carbons (Fsp3) is 0.227. The Labute approximate surface area is 180 Å². The molecule has 0 aliphatic carbocycles. The van der Waals surface area contributed by atoms with Gasteiger partial charge in [0.1, 0.15) is 11.5 Å². The lowest BCUT2D eigenvalue weighted by molar-refractivity contribution is 0.0713. The number of nitrogens with zero attached hydrogens (tertiary/aromatic N) is 2. The van der Waals surface area contributed by atoms with Gasteiger partial charge in [0.15, 0.2) is 15.6 Å². The van der Waals surface area contributed by atoms with Gasteiger partial charge in [0.05, 0.1) is 4.90 Å². The quantitative estimate of drug-likeness (QED) is 0.597. The van der Waals surface area contributed by atoms with Crippen molar-refractivity contribution in [3.63, 3.8) is 0 Å². The summed E-state index contributed by atoms with van der Waals surface area (Å²) in [5, 5.41) is 0.680. The van der Waals surface area contributed by atoms with E-state index in [9.17, 15) is 13.2 Å². The van der Waals surface area contributed by atoms with Gasteiger partial charge < -0.3 is 14.2 Å². The number of furan rings is 1. The number of anilines is 1. The molecule has 1 amide bonds. The summed E-state index contributed by atoms with van der Waals surface area (Å²) in [5.41, 5.74) is 1.03. The van der Waals surface area contributed by atoms with Crippen molar-refractivity contribution in [2.75, 3.05) is 31.1 Å². The van der Waals surface area contributed by atoms with E-state index in [4.69, 9.17) is 16.0 Å². The summed E-state index contributed by atoms with van der Waals surface area (Å²) < 4.78 is 30.6. The summed E-state index contributed by atoms with van der Waals surface area (Å²) in [6.07, 6.45) is 0. The van der Waals surface area contributed by atoms with Crippen molar-refractivity contribution in [3.05, 3.63) is 83.3 Å². The van der Waals surface area contributed by atoms with Gasteiger partial charge in [0.2, 0.25) is 0 Å². The standard InChI is InChI=1S/C22H21ClN2O4S/c23-17-5-4-6-18(15-17)24-11-13-25(14-12-24)22(26)21-10-9-19(29-21)16-30(27,28)20-7-2-1-3-8-20/h1-10,15H,11-14,16H2. The van der Waals surface area contributed by atoms with E-state index in [1.807, 2.05) is 24.3 Å². The van der Waals surface area contributed by atoms with Crippen molar-refractivity contribution in [2.24, 2.45) is 0 Å². The molecule has 4 rings (SSSR count). The molecule has 30 heavy (non-hydrogen) atoms.